The number of aromatic nitrogens is 1. The van der Waals surface area contributed by atoms with Gasteiger partial charge in [-0.25, -0.2) is 4.98 Å². The molecule has 210 valence electrons. The third-order valence-corrected chi connectivity index (χ3v) is 7.46. The SMILES string of the molecule is CC(=O)NC1(c2cnco2)CCC(CO[C@H](C)c2cc(C(F)(F)F)cc(C(F)(F)F)c2)(c2ccccc2)CC1. The van der Waals surface area contributed by atoms with Gasteiger partial charge < -0.3 is 14.5 Å². The predicted molar refractivity (Wildman–Crippen MR) is 129 cm³/mol. The fourth-order valence-corrected chi connectivity index (χ4v) is 5.28. The second kappa shape index (κ2) is 10.7. The van der Waals surface area contributed by atoms with Crippen molar-refractivity contribution in [1.82, 2.24) is 10.3 Å². The van der Waals surface area contributed by atoms with Gasteiger partial charge in [-0.3, -0.25) is 4.79 Å². The number of carbonyl (C=O) groups is 1. The van der Waals surface area contributed by atoms with Gasteiger partial charge in [-0.05, 0) is 61.9 Å². The Morgan fingerprint density at radius 2 is 1.59 bits per heavy atom. The summed E-state index contributed by atoms with van der Waals surface area (Å²) < 4.78 is 91.9. The van der Waals surface area contributed by atoms with Gasteiger partial charge in [0.05, 0.1) is 35.6 Å². The Balaban J connectivity index is 1.62. The van der Waals surface area contributed by atoms with Crippen molar-refractivity contribution in [2.75, 3.05) is 6.61 Å². The van der Waals surface area contributed by atoms with Gasteiger partial charge in [0.2, 0.25) is 5.91 Å². The topological polar surface area (TPSA) is 64.4 Å². The number of ether oxygens (including phenoxy) is 1. The number of hydrogen-bond donors (Lipinski definition) is 1. The van der Waals surface area contributed by atoms with E-state index in [0.717, 1.165) is 5.56 Å². The fraction of sp³-hybridized carbons (Fsp3) is 0.429. The molecule has 1 atom stereocenters. The lowest BCUT2D eigenvalue weighted by Gasteiger charge is -2.46. The minimum atomic E-state index is -4.95. The Morgan fingerprint density at radius 1 is 1.00 bits per heavy atom. The Bertz CT molecular complexity index is 1230. The van der Waals surface area contributed by atoms with Crippen LogP contribution in [0.5, 0.6) is 0 Å². The average molecular weight is 555 g/mol. The maximum Gasteiger partial charge on any atom is 0.416 e. The van der Waals surface area contributed by atoms with Crippen molar-refractivity contribution < 1.29 is 40.3 Å². The molecule has 0 saturated heterocycles. The highest BCUT2D eigenvalue weighted by Gasteiger charge is 2.47. The van der Waals surface area contributed by atoms with Gasteiger partial charge in [0, 0.05) is 12.3 Å². The van der Waals surface area contributed by atoms with Crippen LogP contribution in [0.15, 0.2) is 65.5 Å². The molecule has 0 radical (unpaired) electrons. The average Bonchev–Trinajstić information content (AvgIpc) is 3.43. The van der Waals surface area contributed by atoms with Crippen molar-refractivity contribution in [2.45, 2.75) is 68.9 Å². The highest BCUT2D eigenvalue weighted by Crippen LogP contribution is 2.48. The number of nitrogens with zero attached hydrogens (tertiary/aromatic N) is 1. The molecular weight excluding hydrogens is 526 g/mol. The van der Waals surface area contributed by atoms with E-state index in [1.54, 1.807) is 6.20 Å². The van der Waals surface area contributed by atoms with Crippen LogP contribution in [0.4, 0.5) is 26.3 Å². The summed E-state index contributed by atoms with van der Waals surface area (Å²) in [5.74, 6) is 0.269. The number of carbonyl (C=O) groups excluding carboxylic acids is 1. The van der Waals surface area contributed by atoms with Crippen LogP contribution in [-0.4, -0.2) is 17.5 Å². The molecule has 5 nitrogen and oxygen atoms in total. The zero-order chi connectivity index (χ0) is 28.5. The summed E-state index contributed by atoms with van der Waals surface area (Å²) in [7, 11) is 0. The molecule has 1 aliphatic rings. The first-order valence-electron chi connectivity index (χ1n) is 12.4. The molecule has 39 heavy (non-hydrogen) atoms. The van der Waals surface area contributed by atoms with Crippen molar-refractivity contribution in [3.63, 3.8) is 0 Å². The van der Waals surface area contributed by atoms with E-state index >= 15 is 0 Å². The highest BCUT2D eigenvalue weighted by molar-refractivity contribution is 5.74. The number of benzene rings is 2. The van der Waals surface area contributed by atoms with Gasteiger partial charge >= 0.3 is 12.4 Å². The van der Waals surface area contributed by atoms with Crippen LogP contribution in [0.3, 0.4) is 0 Å². The van der Waals surface area contributed by atoms with E-state index in [-0.39, 0.29) is 24.1 Å². The summed E-state index contributed by atoms with van der Waals surface area (Å²) in [6.07, 6.45) is -6.20. The van der Waals surface area contributed by atoms with Crippen molar-refractivity contribution in [3.05, 3.63) is 89.1 Å². The molecule has 1 heterocycles. The van der Waals surface area contributed by atoms with Crippen molar-refractivity contribution in [2.24, 2.45) is 0 Å². The van der Waals surface area contributed by atoms with Crippen LogP contribution in [0.25, 0.3) is 0 Å². The van der Waals surface area contributed by atoms with E-state index in [1.807, 2.05) is 30.3 Å². The molecule has 1 amide bonds. The normalized spacial score (nSPS) is 22.9. The van der Waals surface area contributed by atoms with E-state index in [4.69, 9.17) is 9.15 Å². The third-order valence-electron chi connectivity index (χ3n) is 7.46. The van der Waals surface area contributed by atoms with Gasteiger partial charge in [0.25, 0.3) is 0 Å². The molecule has 3 aromatic rings. The second-order valence-electron chi connectivity index (χ2n) is 10.1. The molecular formula is C28H28F6N2O3. The van der Waals surface area contributed by atoms with Crippen molar-refractivity contribution >= 4 is 5.91 Å². The van der Waals surface area contributed by atoms with E-state index in [2.05, 4.69) is 10.3 Å². The molecule has 0 bridgehead atoms. The summed E-state index contributed by atoms with van der Waals surface area (Å²) in [6.45, 7) is 2.89. The molecule has 0 spiro atoms. The summed E-state index contributed by atoms with van der Waals surface area (Å²) in [5.41, 5.74) is -3.46. The molecule has 4 rings (SSSR count). The second-order valence-corrected chi connectivity index (χ2v) is 10.1. The molecule has 1 fully saturated rings. The lowest BCUT2D eigenvalue weighted by Crippen LogP contribution is -2.51. The minimum absolute atomic E-state index is 0.0440. The standard InChI is InChI=1S/C28H28F6N2O3/c1-18(20-12-22(27(29,30)31)14-23(13-20)28(32,33)34)38-16-25(21-6-4-3-5-7-21)8-10-26(11-9-25,36-19(2)37)24-15-35-17-39-24/h3-7,12-15,17-18H,8-11,16H2,1-2H3,(H,36,37)/t18-,25?,26?/m1/s1. The minimum Gasteiger partial charge on any atom is -0.446 e. The Hall–Kier alpha value is -3.34. The number of amides is 1. The monoisotopic (exact) mass is 554 g/mol. The largest absolute Gasteiger partial charge is 0.446 e. The van der Waals surface area contributed by atoms with E-state index < -0.39 is 40.5 Å². The van der Waals surface area contributed by atoms with Crippen LogP contribution in [0.2, 0.25) is 0 Å². The maximum atomic E-state index is 13.4. The summed E-state index contributed by atoms with van der Waals surface area (Å²) >= 11 is 0. The third kappa shape index (κ3) is 6.29. The quantitative estimate of drug-likeness (QED) is 0.311. The summed E-state index contributed by atoms with van der Waals surface area (Å²) in [6, 6.07) is 10.9. The van der Waals surface area contributed by atoms with Crippen molar-refractivity contribution in [3.8, 4) is 0 Å². The molecule has 0 unspecified atom stereocenters. The lowest BCUT2D eigenvalue weighted by atomic mass is 9.64. The van der Waals surface area contributed by atoms with Gasteiger partial charge in [-0.1, -0.05) is 30.3 Å². The number of hydrogen-bond acceptors (Lipinski definition) is 4. The Labute approximate surface area is 221 Å². The number of nitrogens with one attached hydrogen (secondary N) is 1. The first-order chi connectivity index (χ1) is 18.2. The van der Waals surface area contributed by atoms with E-state index in [0.29, 0.717) is 43.6 Å². The van der Waals surface area contributed by atoms with Gasteiger partial charge in [-0.15, -0.1) is 0 Å². The first-order valence-corrected chi connectivity index (χ1v) is 12.4. The van der Waals surface area contributed by atoms with Crippen LogP contribution in [-0.2, 0) is 32.8 Å². The van der Waals surface area contributed by atoms with Crippen LogP contribution in [0, 0.1) is 0 Å². The molecule has 1 N–H and O–H groups in total. The summed E-state index contributed by atoms with van der Waals surface area (Å²) in [5, 5.41) is 2.99. The van der Waals surface area contributed by atoms with E-state index in [9.17, 15) is 31.1 Å². The molecule has 1 aliphatic carbocycles. The molecule has 1 saturated carbocycles. The lowest BCUT2D eigenvalue weighted by molar-refractivity contribution is -0.143. The number of alkyl halides is 6. The van der Waals surface area contributed by atoms with E-state index in [1.165, 1.54) is 20.2 Å². The van der Waals surface area contributed by atoms with Crippen LogP contribution >= 0.6 is 0 Å². The summed E-state index contributed by atoms with van der Waals surface area (Å²) in [4.78, 5) is 16.0. The van der Waals surface area contributed by atoms with Crippen LogP contribution in [0.1, 0.15) is 73.6 Å². The smallest absolute Gasteiger partial charge is 0.416 e. The van der Waals surface area contributed by atoms with Gasteiger partial charge in [0.1, 0.15) is 5.76 Å². The predicted octanol–water partition coefficient (Wildman–Crippen LogP) is 7.33. The molecule has 0 aliphatic heterocycles. The molecule has 2 aromatic carbocycles. The number of rotatable bonds is 7. The van der Waals surface area contributed by atoms with Gasteiger partial charge in [0.15, 0.2) is 6.39 Å². The Kier molecular flexibility index (Phi) is 7.84. The molecule has 1 aromatic heterocycles. The Morgan fingerprint density at radius 3 is 2.08 bits per heavy atom. The van der Waals surface area contributed by atoms with Gasteiger partial charge in [-0.2, -0.15) is 26.3 Å². The fourth-order valence-electron chi connectivity index (χ4n) is 5.28. The van der Waals surface area contributed by atoms with Crippen LogP contribution < -0.4 is 5.32 Å². The maximum absolute atomic E-state index is 13.4. The van der Waals surface area contributed by atoms with Crippen molar-refractivity contribution in [1.29, 1.82) is 0 Å². The highest BCUT2D eigenvalue weighted by atomic mass is 19.4. The number of oxazole rings is 1. The molecule has 11 heteroatoms. The first kappa shape index (κ1) is 28.7. The zero-order valence-electron chi connectivity index (χ0n) is 21.3. The number of halogens is 6. The zero-order valence-corrected chi connectivity index (χ0v) is 21.3.